The van der Waals surface area contributed by atoms with Gasteiger partial charge in [-0.25, -0.2) is 9.59 Å². The first kappa shape index (κ1) is 33.1. The molecule has 2 fully saturated rings. The maximum Gasteiger partial charge on any atom is 0.326 e. The predicted molar refractivity (Wildman–Crippen MR) is 188 cm³/mol. The van der Waals surface area contributed by atoms with Crippen molar-refractivity contribution in [3.05, 3.63) is 99.2 Å². The molecule has 2 aliphatic heterocycles. The summed E-state index contributed by atoms with van der Waals surface area (Å²) < 4.78 is 8.59. The Bertz CT molecular complexity index is 2390. The van der Waals surface area contributed by atoms with Crippen LogP contribution in [0.15, 0.2) is 86.0 Å². The number of H-pyrrole nitrogens is 2. The number of carbonyl (C=O) groups is 2. The molecule has 0 spiro atoms. The smallest absolute Gasteiger partial charge is 0.326 e. The number of likely N-dealkylation sites (tertiary alicyclic amines) is 1. The Morgan fingerprint density at radius 3 is 2.24 bits per heavy atom. The lowest BCUT2D eigenvalue weighted by Gasteiger charge is -2.32. The predicted octanol–water partition coefficient (Wildman–Crippen LogP) is 2.64. The van der Waals surface area contributed by atoms with Gasteiger partial charge in [-0.3, -0.25) is 18.7 Å². The van der Waals surface area contributed by atoms with Crippen molar-refractivity contribution in [3.63, 3.8) is 0 Å². The molecule has 0 radical (unpaired) electrons. The maximum atomic E-state index is 13.2. The van der Waals surface area contributed by atoms with Gasteiger partial charge in [0.2, 0.25) is 23.5 Å². The number of rotatable bonds is 5. The molecule has 2 amide bonds. The molecule has 3 aromatic heterocycles. The minimum Gasteiger partial charge on any atom is -0.409 e. The molecular weight excluding hydrogens is 656 g/mol. The van der Waals surface area contributed by atoms with Crippen molar-refractivity contribution in [2.24, 2.45) is 30.9 Å². The summed E-state index contributed by atoms with van der Waals surface area (Å²) in [6.07, 6.45) is 1.70. The Hall–Kier alpha value is -6.45. The highest BCUT2D eigenvalue weighted by Gasteiger charge is 2.38. The van der Waals surface area contributed by atoms with Crippen LogP contribution in [0.5, 0.6) is 0 Å². The van der Waals surface area contributed by atoms with Crippen LogP contribution in [0.25, 0.3) is 33.5 Å². The second-order valence-corrected chi connectivity index (χ2v) is 12.7. The summed E-state index contributed by atoms with van der Waals surface area (Å²) in [6, 6.07) is 20.1. The van der Waals surface area contributed by atoms with Crippen LogP contribution in [0.3, 0.4) is 0 Å². The van der Waals surface area contributed by atoms with Gasteiger partial charge in [-0.1, -0.05) is 28.5 Å². The molecule has 0 saturated carbocycles. The van der Waals surface area contributed by atoms with Gasteiger partial charge in [-0.2, -0.15) is 4.98 Å². The first-order valence-electron chi connectivity index (χ1n) is 16.4. The number of amides is 2. The van der Waals surface area contributed by atoms with Crippen molar-refractivity contribution in [1.82, 2.24) is 34.1 Å². The van der Waals surface area contributed by atoms with Crippen LogP contribution in [-0.4, -0.2) is 76.6 Å². The van der Waals surface area contributed by atoms with Crippen LogP contribution < -0.4 is 22.0 Å². The van der Waals surface area contributed by atoms with Crippen molar-refractivity contribution < 1.29 is 19.3 Å². The Morgan fingerprint density at radius 2 is 1.57 bits per heavy atom. The number of piperidine rings is 1. The maximum absolute atomic E-state index is 13.2. The lowest BCUT2D eigenvalue weighted by atomic mass is 9.95. The molecule has 5 N–H and O–H groups in total. The van der Waals surface area contributed by atoms with Crippen molar-refractivity contribution in [2.45, 2.75) is 25.2 Å². The summed E-state index contributed by atoms with van der Waals surface area (Å²) in [5.74, 6) is 0.842. The molecule has 8 rings (SSSR count). The standard InChI is InChI=1S/C26H26N6O4.C9H10N4O2/c1-30-21-13-17(7-8-20(21)27-26(30)35)23-28-24(36-29-23)16-9-11-31(12-10-16)25(34)18-14-22(33)32(15-18)19-5-3-2-4-6-19;1-13-7-4-5(8(10)12-15)2-3-6(7)11-9(13)14/h2-8,13,16,18H,9-12,14-15H2,1H3,(H,27,35);2-4,15H,1H3,(H2,10,12)(H,11,14). The van der Waals surface area contributed by atoms with Crippen LogP contribution in [-0.2, 0) is 23.7 Å². The van der Waals surface area contributed by atoms with Gasteiger partial charge in [0.15, 0.2) is 5.84 Å². The van der Waals surface area contributed by atoms with Gasteiger partial charge < -0.3 is 35.2 Å². The molecular formula is C35H36N10O6. The van der Waals surface area contributed by atoms with E-state index in [-0.39, 0.29) is 47.3 Å². The van der Waals surface area contributed by atoms with Gasteiger partial charge in [-0.15, -0.1) is 0 Å². The molecule has 16 nitrogen and oxygen atoms in total. The topological polar surface area (TPSA) is 214 Å². The summed E-state index contributed by atoms with van der Waals surface area (Å²) in [4.78, 5) is 62.5. The second kappa shape index (κ2) is 13.5. The number of para-hydroxylation sites is 1. The van der Waals surface area contributed by atoms with E-state index < -0.39 is 0 Å². The molecule has 6 aromatic rings. The van der Waals surface area contributed by atoms with Gasteiger partial charge in [0.05, 0.1) is 28.0 Å². The number of nitrogens with two attached hydrogens (primary N) is 1. The Morgan fingerprint density at radius 1 is 0.922 bits per heavy atom. The molecule has 16 heteroatoms. The van der Waals surface area contributed by atoms with E-state index in [2.05, 4.69) is 25.3 Å². The van der Waals surface area contributed by atoms with E-state index >= 15 is 0 Å². The Labute approximate surface area is 289 Å². The number of hydrogen-bond donors (Lipinski definition) is 4. The number of aromatic nitrogens is 6. The molecule has 1 unspecified atom stereocenters. The molecule has 5 heterocycles. The number of nitrogens with one attached hydrogen (secondary N) is 2. The minimum atomic E-state index is -0.316. The summed E-state index contributed by atoms with van der Waals surface area (Å²) in [6.45, 7) is 1.61. The first-order chi connectivity index (χ1) is 24.6. The average Bonchev–Trinajstić information content (AvgIpc) is 3.94. The minimum absolute atomic E-state index is 0.00859. The second-order valence-electron chi connectivity index (χ2n) is 12.7. The molecule has 3 aromatic carbocycles. The number of amidine groups is 1. The first-order valence-corrected chi connectivity index (χ1v) is 16.4. The Kier molecular flexibility index (Phi) is 8.72. The number of benzene rings is 3. The number of carbonyl (C=O) groups excluding carboxylic acids is 2. The number of hydrogen-bond acceptors (Lipinski definition) is 9. The fraction of sp³-hybridized carbons (Fsp3) is 0.286. The normalized spacial score (nSPS) is 16.9. The number of aromatic amines is 2. The third kappa shape index (κ3) is 6.38. The number of aryl methyl sites for hydroxylation is 2. The van der Waals surface area contributed by atoms with E-state index in [1.54, 1.807) is 41.8 Å². The fourth-order valence-electron chi connectivity index (χ4n) is 6.66. The quantitative estimate of drug-likeness (QED) is 0.0903. The zero-order valence-corrected chi connectivity index (χ0v) is 27.9. The van der Waals surface area contributed by atoms with E-state index in [9.17, 15) is 19.2 Å². The number of oxime groups is 1. The van der Waals surface area contributed by atoms with E-state index in [1.165, 1.54) is 4.57 Å². The number of fused-ring (bicyclic) bond motifs is 2. The number of nitrogens with zero attached hydrogens (tertiary/aromatic N) is 7. The van der Waals surface area contributed by atoms with Crippen LogP contribution >= 0.6 is 0 Å². The third-order valence-corrected chi connectivity index (χ3v) is 9.61. The molecule has 0 aliphatic carbocycles. The molecule has 2 aliphatic rings. The van der Waals surface area contributed by atoms with Gasteiger partial charge in [0.1, 0.15) is 0 Å². The van der Waals surface area contributed by atoms with Crippen LogP contribution in [0, 0.1) is 5.92 Å². The van der Waals surface area contributed by atoms with Gasteiger partial charge in [0.25, 0.3) is 0 Å². The van der Waals surface area contributed by atoms with E-state index in [0.29, 0.717) is 42.4 Å². The van der Waals surface area contributed by atoms with Gasteiger partial charge >= 0.3 is 11.4 Å². The van der Waals surface area contributed by atoms with Crippen LogP contribution in [0.1, 0.15) is 36.6 Å². The molecule has 2 saturated heterocycles. The van der Waals surface area contributed by atoms with Crippen molar-refractivity contribution in [3.8, 4) is 11.4 Å². The molecule has 0 bridgehead atoms. The SMILES string of the molecule is Cn1c(=O)[nH]c2ccc(-c3noc(C4CCN(C(=O)C5CC(=O)N(c6ccccc6)C5)CC4)n3)cc21.Cn1c(=O)[nH]c2ccc(/C(N)=N/O)cc21. The van der Waals surface area contributed by atoms with Crippen molar-refractivity contribution in [2.75, 3.05) is 24.5 Å². The zero-order valence-electron chi connectivity index (χ0n) is 27.9. The lowest BCUT2D eigenvalue weighted by Crippen LogP contribution is -2.42. The fourth-order valence-corrected chi connectivity index (χ4v) is 6.66. The summed E-state index contributed by atoms with van der Waals surface area (Å²) in [7, 11) is 3.36. The monoisotopic (exact) mass is 692 g/mol. The highest BCUT2D eigenvalue weighted by molar-refractivity contribution is 6.00. The van der Waals surface area contributed by atoms with Crippen LogP contribution in [0.2, 0.25) is 0 Å². The molecule has 51 heavy (non-hydrogen) atoms. The van der Waals surface area contributed by atoms with Gasteiger partial charge in [0, 0.05) is 62.9 Å². The lowest BCUT2D eigenvalue weighted by molar-refractivity contribution is -0.136. The van der Waals surface area contributed by atoms with E-state index in [1.807, 2.05) is 53.4 Å². The summed E-state index contributed by atoms with van der Waals surface area (Å²) in [5.41, 5.74) is 10.2. The van der Waals surface area contributed by atoms with E-state index in [4.69, 9.17) is 15.5 Å². The summed E-state index contributed by atoms with van der Waals surface area (Å²) in [5, 5.41) is 15.6. The van der Waals surface area contributed by atoms with Crippen LogP contribution in [0.4, 0.5) is 5.69 Å². The van der Waals surface area contributed by atoms with Gasteiger partial charge in [-0.05, 0) is 61.4 Å². The van der Waals surface area contributed by atoms with Crippen molar-refractivity contribution >= 4 is 45.4 Å². The Balaban J connectivity index is 0.000000226. The van der Waals surface area contributed by atoms with E-state index in [0.717, 1.165) is 40.6 Å². The molecule has 262 valence electrons. The highest BCUT2D eigenvalue weighted by atomic mass is 16.5. The van der Waals surface area contributed by atoms with Crippen molar-refractivity contribution in [1.29, 1.82) is 0 Å². The third-order valence-electron chi connectivity index (χ3n) is 9.61. The molecule has 1 atom stereocenters. The highest BCUT2D eigenvalue weighted by Crippen LogP contribution is 2.32. The largest absolute Gasteiger partial charge is 0.409 e. The number of anilines is 1. The summed E-state index contributed by atoms with van der Waals surface area (Å²) >= 11 is 0. The average molecular weight is 693 g/mol. The zero-order chi connectivity index (χ0) is 35.8. The number of imidazole rings is 2.